The molecule has 0 aromatic heterocycles. The third kappa shape index (κ3) is 5.27. The van der Waals surface area contributed by atoms with Gasteiger partial charge in [-0.15, -0.1) is 0 Å². The van der Waals surface area contributed by atoms with E-state index in [0.29, 0.717) is 12.2 Å². The van der Waals surface area contributed by atoms with Gasteiger partial charge in [-0.3, -0.25) is 0 Å². The first-order valence-electron chi connectivity index (χ1n) is 7.93. The molecule has 1 aromatic carbocycles. The highest BCUT2D eigenvalue weighted by Crippen LogP contribution is 2.30. The molecular weight excluding hydrogens is 319 g/mol. The van der Waals surface area contributed by atoms with E-state index in [2.05, 4.69) is 10.6 Å². The summed E-state index contributed by atoms with van der Waals surface area (Å²) >= 11 is 5.81. The zero-order valence-electron chi connectivity index (χ0n) is 13.8. The molecule has 6 heteroatoms. The average Bonchev–Trinajstić information content (AvgIpc) is 2.87. The Hall–Kier alpha value is -1.49. The third-order valence-electron chi connectivity index (χ3n) is 3.86. The van der Waals surface area contributed by atoms with Crippen LogP contribution in [-0.2, 0) is 4.74 Å². The summed E-state index contributed by atoms with van der Waals surface area (Å²) in [5, 5.41) is 6.13. The number of benzene rings is 1. The minimum atomic E-state index is -0.513. The van der Waals surface area contributed by atoms with Crippen LogP contribution in [-0.4, -0.2) is 24.3 Å². The lowest BCUT2D eigenvalue weighted by Gasteiger charge is -2.24. The van der Waals surface area contributed by atoms with Crippen molar-refractivity contribution in [3.05, 3.63) is 29.0 Å². The Morgan fingerprint density at radius 2 is 2.13 bits per heavy atom. The summed E-state index contributed by atoms with van der Waals surface area (Å²) in [7, 11) is 0. The lowest BCUT2D eigenvalue weighted by Crippen LogP contribution is -2.38. The number of nitrogens with one attached hydrogen (secondary N) is 2. The average molecular weight is 343 g/mol. The number of hydrogen-bond donors (Lipinski definition) is 2. The van der Waals surface area contributed by atoms with Crippen molar-refractivity contribution in [3.63, 3.8) is 0 Å². The highest BCUT2D eigenvalue weighted by atomic mass is 35.5. The largest absolute Gasteiger partial charge is 0.444 e. The van der Waals surface area contributed by atoms with Gasteiger partial charge in [-0.1, -0.05) is 24.1 Å². The van der Waals surface area contributed by atoms with Crippen molar-refractivity contribution in [2.45, 2.75) is 51.7 Å². The zero-order valence-corrected chi connectivity index (χ0v) is 14.5. The SMILES string of the molecule is CC(C)(C)OC(=O)NCC1CCCC1Nc1cccc(Cl)c1F. The minimum Gasteiger partial charge on any atom is -0.444 e. The van der Waals surface area contributed by atoms with Crippen molar-refractivity contribution in [2.24, 2.45) is 5.92 Å². The molecule has 0 bridgehead atoms. The van der Waals surface area contributed by atoms with Gasteiger partial charge in [-0.25, -0.2) is 9.18 Å². The molecule has 1 fully saturated rings. The Morgan fingerprint density at radius 3 is 2.83 bits per heavy atom. The number of ether oxygens (including phenoxy) is 1. The van der Waals surface area contributed by atoms with E-state index in [-0.39, 0.29) is 17.0 Å². The third-order valence-corrected chi connectivity index (χ3v) is 4.15. The second kappa shape index (κ2) is 7.39. The summed E-state index contributed by atoms with van der Waals surface area (Å²) in [5.41, 5.74) is -0.104. The van der Waals surface area contributed by atoms with E-state index in [1.807, 2.05) is 20.8 Å². The molecule has 0 radical (unpaired) electrons. The molecule has 1 aromatic rings. The quantitative estimate of drug-likeness (QED) is 0.841. The second-order valence-electron chi connectivity index (χ2n) is 6.93. The zero-order chi connectivity index (χ0) is 17.0. The van der Waals surface area contributed by atoms with Gasteiger partial charge in [0.05, 0.1) is 10.7 Å². The monoisotopic (exact) mass is 342 g/mol. The predicted octanol–water partition coefficient (Wildman–Crippen LogP) is 4.58. The van der Waals surface area contributed by atoms with Gasteiger partial charge in [-0.05, 0) is 51.7 Å². The maximum Gasteiger partial charge on any atom is 0.407 e. The Labute approximate surface area is 141 Å². The fraction of sp³-hybridized carbons (Fsp3) is 0.588. The Balaban J connectivity index is 1.90. The molecule has 1 aliphatic carbocycles. The van der Waals surface area contributed by atoms with Gasteiger partial charge in [0, 0.05) is 12.6 Å². The first kappa shape index (κ1) is 17.9. The molecule has 1 saturated carbocycles. The van der Waals surface area contributed by atoms with Crippen molar-refractivity contribution in [1.29, 1.82) is 0 Å². The molecule has 0 saturated heterocycles. The van der Waals surface area contributed by atoms with Gasteiger partial charge in [0.25, 0.3) is 0 Å². The number of rotatable bonds is 4. The van der Waals surface area contributed by atoms with Crippen LogP contribution in [0.25, 0.3) is 0 Å². The highest BCUT2D eigenvalue weighted by Gasteiger charge is 2.29. The molecule has 4 nitrogen and oxygen atoms in total. The molecule has 23 heavy (non-hydrogen) atoms. The summed E-state index contributed by atoms with van der Waals surface area (Å²) in [6.45, 7) is 5.99. The maximum absolute atomic E-state index is 14.0. The standard InChI is InChI=1S/C17H24ClFN2O2/c1-17(2,3)23-16(22)20-10-11-6-4-8-13(11)21-14-9-5-7-12(18)15(14)19/h5,7,9,11,13,21H,4,6,8,10H2,1-3H3,(H,20,22). The van der Waals surface area contributed by atoms with Gasteiger partial charge in [0.1, 0.15) is 5.60 Å². The smallest absolute Gasteiger partial charge is 0.407 e. The maximum atomic E-state index is 14.0. The molecule has 1 amide bonds. The number of hydrogen-bond acceptors (Lipinski definition) is 3. The fourth-order valence-electron chi connectivity index (χ4n) is 2.81. The molecule has 0 aliphatic heterocycles. The predicted molar refractivity (Wildman–Crippen MR) is 90.4 cm³/mol. The van der Waals surface area contributed by atoms with Crippen LogP contribution in [0.15, 0.2) is 18.2 Å². The number of amides is 1. The summed E-state index contributed by atoms with van der Waals surface area (Å²) < 4.78 is 19.2. The van der Waals surface area contributed by atoms with Gasteiger partial charge < -0.3 is 15.4 Å². The van der Waals surface area contributed by atoms with Gasteiger partial charge in [-0.2, -0.15) is 0 Å². The van der Waals surface area contributed by atoms with Gasteiger partial charge >= 0.3 is 6.09 Å². The van der Waals surface area contributed by atoms with Crippen LogP contribution >= 0.6 is 11.6 Å². The molecule has 128 valence electrons. The van der Waals surface area contributed by atoms with Crippen LogP contribution in [0.4, 0.5) is 14.9 Å². The van der Waals surface area contributed by atoms with Crippen molar-refractivity contribution in [2.75, 3.05) is 11.9 Å². The van der Waals surface area contributed by atoms with E-state index in [1.54, 1.807) is 12.1 Å². The van der Waals surface area contributed by atoms with Crippen molar-refractivity contribution >= 4 is 23.4 Å². The van der Waals surface area contributed by atoms with E-state index < -0.39 is 17.5 Å². The van der Waals surface area contributed by atoms with Gasteiger partial charge in [0.2, 0.25) is 0 Å². The van der Waals surface area contributed by atoms with Crippen LogP contribution in [0.1, 0.15) is 40.0 Å². The Bertz CT molecular complexity index is 560. The van der Waals surface area contributed by atoms with E-state index in [9.17, 15) is 9.18 Å². The molecule has 2 unspecified atom stereocenters. The number of carbonyl (C=O) groups excluding carboxylic acids is 1. The molecular formula is C17H24ClFN2O2. The summed E-state index contributed by atoms with van der Waals surface area (Å²) in [5.74, 6) is -0.194. The summed E-state index contributed by atoms with van der Waals surface area (Å²) in [4.78, 5) is 11.7. The summed E-state index contributed by atoms with van der Waals surface area (Å²) in [6, 6.07) is 5.03. The molecule has 0 heterocycles. The van der Waals surface area contributed by atoms with E-state index in [4.69, 9.17) is 16.3 Å². The number of halogens is 2. The molecule has 0 spiro atoms. The van der Waals surface area contributed by atoms with Crippen LogP contribution in [0.3, 0.4) is 0 Å². The fourth-order valence-corrected chi connectivity index (χ4v) is 2.99. The lowest BCUT2D eigenvalue weighted by atomic mass is 10.0. The van der Waals surface area contributed by atoms with Crippen molar-refractivity contribution < 1.29 is 13.9 Å². The normalized spacial score (nSPS) is 21.1. The number of carbonyl (C=O) groups is 1. The van der Waals surface area contributed by atoms with Crippen LogP contribution < -0.4 is 10.6 Å². The Morgan fingerprint density at radius 1 is 1.39 bits per heavy atom. The number of anilines is 1. The lowest BCUT2D eigenvalue weighted by molar-refractivity contribution is 0.0519. The topological polar surface area (TPSA) is 50.4 Å². The minimum absolute atomic E-state index is 0.108. The number of alkyl carbamates (subject to hydrolysis) is 1. The molecule has 2 rings (SSSR count). The summed E-state index contributed by atoms with van der Waals surface area (Å²) in [6.07, 6.45) is 2.54. The molecule has 1 aliphatic rings. The van der Waals surface area contributed by atoms with Crippen molar-refractivity contribution in [3.8, 4) is 0 Å². The first-order chi connectivity index (χ1) is 10.8. The van der Waals surface area contributed by atoms with E-state index in [0.717, 1.165) is 19.3 Å². The van der Waals surface area contributed by atoms with Crippen LogP contribution in [0.2, 0.25) is 5.02 Å². The first-order valence-corrected chi connectivity index (χ1v) is 8.31. The highest BCUT2D eigenvalue weighted by molar-refractivity contribution is 6.31. The van der Waals surface area contributed by atoms with Crippen LogP contribution in [0, 0.1) is 11.7 Å². The van der Waals surface area contributed by atoms with Crippen molar-refractivity contribution in [1.82, 2.24) is 5.32 Å². The molecule has 2 atom stereocenters. The van der Waals surface area contributed by atoms with Gasteiger partial charge in [0.15, 0.2) is 5.82 Å². The second-order valence-corrected chi connectivity index (χ2v) is 7.33. The molecule has 2 N–H and O–H groups in total. The Kier molecular flexibility index (Phi) is 5.74. The van der Waals surface area contributed by atoms with Crippen LogP contribution in [0.5, 0.6) is 0 Å². The van der Waals surface area contributed by atoms with E-state index in [1.165, 1.54) is 6.07 Å². The van der Waals surface area contributed by atoms with E-state index >= 15 is 0 Å².